The van der Waals surface area contributed by atoms with Crippen molar-refractivity contribution in [1.82, 2.24) is 4.90 Å². The van der Waals surface area contributed by atoms with Gasteiger partial charge in [-0.1, -0.05) is 42.5 Å². The van der Waals surface area contributed by atoms with Gasteiger partial charge in [0.1, 0.15) is 23.4 Å². The van der Waals surface area contributed by atoms with Crippen molar-refractivity contribution in [2.45, 2.75) is 31.8 Å². The van der Waals surface area contributed by atoms with Crippen molar-refractivity contribution in [1.29, 1.82) is 0 Å². The van der Waals surface area contributed by atoms with Gasteiger partial charge in [-0.25, -0.2) is 4.39 Å². The molecule has 1 aliphatic heterocycles. The molecule has 4 rings (SSSR count). The van der Waals surface area contributed by atoms with Crippen LogP contribution in [0, 0.1) is 12.7 Å². The molecule has 0 radical (unpaired) electrons. The molecule has 2 unspecified atom stereocenters. The normalized spacial score (nSPS) is 19.2. The molecule has 0 bridgehead atoms. The molecule has 3 aromatic carbocycles. The van der Waals surface area contributed by atoms with Crippen LogP contribution in [0.15, 0.2) is 78.9 Å². The highest BCUT2D eigenvalue weighted by atomic mass is 19.1. The van der Waals surface area contributed by atoms with Gasteiger partial charge in [-0.05, 0) is 67.3 Å². The maximum absolute atomic E-state index is 13.3. The summed E-state index contributed by atoms with van der Waals surface area (Å²) in [6.45, 7) is 5.72. The van der Waals surface area contributed by atoms with E-state index in [1.165, 1.54) is 23.3 Å². The fraction of sp³-hybridized carbons (Fsp3) is 0.333. The predicted molar refractivity (Wildman–Crippen MR) is 122 cm³/mol. The van der Waals surface area contributed by atoms with Gasteiger partial charge in [0.2, 0.25) is 0 Å². The highest BCUT2D eigenvalue weighted by molar-refractivity contribution is 5.28. The largest absolute Gasteiger partial charge is 0.494 e. The quantitative estimate of drug-likeness (QED) is 0.428. The molecule has 31 heavy (non-hydrogen) atoms. The number of hydrogen-bond acceptors (Lipinski definition) is 3. The Hall–Kier alpha value is -2.85. The fourth-order valence-electron chi connectivity index (χ4n) is 4.23. The lowest BCUT2D eigenvalue weighted by Gasteiger charge is -2.39. The van der Waals surface area contributed by atoms with Crippen LogP contribution in [0.1, 0.15) is 29.9 Å². The molecule has 1 heterocycles. The van der Waals surface area contributed by atoms with Crippen LogP contribution in [-0.4, -0.2) is 37.2 Å². The van der Waals surface area contributed by atoms with E-state index in [4.69, 9.17) is 9.47 Å². The Kier molecular flexibility index (Phi) is 7.21. The number of likely N-dealkylation sites (tertiary alicyclic amines) is 1. The zero-order valence-electron chi connectivity index (χ0n) is 18.0. The third-order valence-electron chi connectivity index (χ3n) is 5.84. The Bertz CT molecular complexity index is 945. The second kappa shape index (κ2) is 10.5. The third kappa shape index (κ3) is 6.08. The van der Waals surface area contributed by atoms with Gasteiger partial charge in [0, 0.05) is 25.6 Å². The molecule has 162 valence electrons. The number of piperidine rings is 1. The molecule has 0 saturated carbocycles. The van der Waals surface area contributed by atoms with Crippen molar-refractivity contribution >= 4 is 0 Å². The van der Waals surface area contributed by atoms with Crippen LogP contribution in [0.3, 0.4) is 0 Å². The van der Waals surface area contributed by atoms with E-state index in [1.54, 1.807) is 12.1 Å². The molecule has 1 saturated heterocycles. The highest BCUT2D eigenvalue weighted by Crippen LogP contribution is 2.31. The molecule has 0 aliphatic carbocycles. The lowest BCUT2D eigenvalue weighted by Crippen LogP contribution is -2.44. The first kappa shape index (κ1) is 21.4. The van der Waals surface area contributed by atoms with E-state index in [0.29, 0.717) is 6.61 Å². The third-order valence-corrected chi connectivity index (χ3v) is 5.84. The van der Waals surface area contributed by atoms with E-state index in [1.807, 2.05) is 18.2 Å². The van der Waals surface area contributed by atoms with Crippen molar-refractivity contribution in [3.05, 3.63) is 95.8 Å². The van der Waals surface area contributed by atoms with E-state index < -0.39 is 0 Å². The Morgan fingerprint density at radius 2 is 1.74 bits per heavy atom. The maximum Gasteiger partial charge on any atom is 0.123 e. The van der Waals surface area contributed by atoms with Crippen molar-refractivity contribution in [2.24, 2.45) is 0 Å². The fourth-order valence-corrected chi connectivity index (χ4v) is 4.23. The second-order valence-electron chi connectivity index (χ2n) is 8.24. The Morgan fingerprint density at radius 3 is 2.52 bits per heavy atom. The van der Waals surface area contributed by atoms with Crippen LogP contribution in [-0.2, 0) is 0 Å². The number of hydrogen-bond donors (Lipinski definition) is 0. The molecular weight excluding hydrogens is 389 g/mol. The van der Waals surface area contributed by atoms with E-state index >= 15 is 0 Å². The first-order valence-electron chi connectivity index (χ1n) is 11.1. The van der Waals surface area contributed by atoms with Gasteiger partial charge in [-0.2, -0.15) is 0 Å². The van der Waals surface area contributed by atoms with Gasteiger partial charge < -0.3 is 14.4 Å². The zero-order valence-corrected chi connectivity index (χ0v) is 18.0. The maximum atomic E-state index is 13.3. The van der Waals surface area contributed by atoms with Gasteiger partial charge in [0.15, 0.2) is 0 Å². The SMILES string of the molecule is Cc1cccc(OCCCN2CCC(Oc3ccc(F)cc3)C(c3ccccc3)C2)c1. The van der Waals surface area contributed by atoms with Gasteiger partial charge in [-0.15, -0.1) is 0 Å². The Morgan fingerprint density at radius 1 is 0.935 bits per heavy atom. The van der Waals surface area contributed by atoms with Crippen molar-refractivity contribution in [2.75, 3.05) is 26.2 Å². The van der Waals surface area contributed by atoms with Crippen molar-refractivity contribution in [3.8, 4) is 11.5 Å². The number of aryl methyl sites for hydroxylation is 1. The molecular formula is C27H30FNO2. The molecule has 4 heteroatoms. The summed E-state index contributed by atoms with van der Waals surface area (Å²) in [5.41, 5.74) is 2.50. The molecule has 3 nitrogen and oxygen atoms in total. The van der Waals surface area contributed by atoms with E-state index in [-0.39, 0.29) is 17.8 Å². The van der Waals surface area contributed by atoms with Crippen LogP contribution >= 0.6 is 0 Å². The van der Waals surface area contributed by atoms with E-state index in [9.17, 15) is 4.39 Å². The smallest absolute Gasteiger partial charge is 0.123 e. The molecule has 0 spiro atoms. The van der Waals surface area contributed by atoms with Crippen LogP contribution in [0.5, 0.6) is 11.5 Å². The molecule has 0 aromatic heterocycles. The number of rotatable bonds is 8. The minimum atomic E-state index is -0.241. The topological polar surface area (TPSA) is 21.7 Å². The summed E-state index contributed by atoms with van der Waals surface area (Å²) in [4.78, 5) is 2.50. The van der Waals surface area contributed by atoms with Gasteiger partial charge in [0.05, 0.1) is 6.61 Å². The number of nitrogens with zero attached hydrogens (tertiary/aromatic N) is 1. The summed E-state index contributed by atoms with van der Waals surface area (Å²) in [7, 11) is 0. The highest BCUT2D eigenvalue weighted by Gasteiger charge is 2.31. The van der Waals surface area contributed by atoms with Gasteiger partial charge >= 0.3 is 0 Å². The summed E-state index contributed by atoms with van der Waals surface area (Å²) < 4.78 is 25.5. The lowest BCUT2D eigenvalue weighted by atomic mass is 9.87. The van der Waals surface area contributed by atoms with Crippen LogP contribution < -0.4 is 9.47 Å². The first-order valence-corrected chi connectivity index (χ1v) is 11.1. The number of ether oxygens (including phenoxy) is 2. The molecule has 3 aromatic rings. The number of halogens is 1. The minimum Gasteiger partial charge on any atom is -0.494 e. The predicted octanol–water partition coefficient (Wildman–Crippen LogP) is 5.84. The lowest BCUT2D eigenvalue weighted by molar-refractivity contribution is 0.0749. The summed E-state index contributed by atoms with van der Waals surface area (Å²) in [6, 6.07) is 25.1. The summed E-state index contributed by atoms with van der Waals surface area (Å²) in [6.07, 6.45) is 2.00. The monoisotopic (exact) mass is 419 g/mol. The summed E-state index contributed by atoms with van der Waals surface area (Å²) in [5.74, 6) is 1.70. The number of benzene rings is 3. The average molecular weight is 420 g/mol. The Labute approximate surface area is 184 Å². The van der Waals surface area contributed by atoms with Crippen molar-refractivity contribution < 1.29 is 13.9 Å². The van der Waals surface area contributed by atoms with Gasteiger partial charge in [0.25, 0.3) is 0 Å². The average Bonchev–Trinajstić information content (AvgIpc) is 2.80. The van der Waals surface area contributed by atoms with Gasteiger partial charge in [-0.3, -0.25) is 0 Å². The van der Waals surface area contributed by atoms with E-state index in [0.717, 1.165) is 44.0 Å². The Balaban J connectivity index is 1.34. The first-order chi connectivity index (χ1) is 15.2. The zero-order chi connectivity index (χ0) is 21.5. The summed E-state index contributed by atoms with van der Waals surface area (Å²) >= 11 is 0. The minimum absolute atomic E-state index is 0.0765. The van der Waals surface area contributed by atoms with Crippen LogP contribution in [0.25, 0.3) is 0 Å². The molecule has 1 fully saturated rings. The molecule has 0 amide bonds. The second-order valence-corrected chi connectivity index (χ2v) is 8.24. The molecule has 2 atom stereocenters. The van der Waals surface area contributed by atoms with Crippen LogP contribution in [0.2, 0.25) is 0 Å². The van der Waals surface area contributed by atoms with Crippen molar-refractivity contribution in [3.63, 3.8) is 0 Å². The molecule has 1 aliphatic rings. The standard InChI is InChI=1S/C27H30FNO2/c1-21-7-5-10-25(19-21)30-18-6-16-29-17-15-27(31-24-13-11-23(28)12-14-24)26(20-29)22-8-3-2-4-9-22/h2-5,7-14,19,26-27H,6,15-18,20H2,1H3. The van der Waals surface area contributed by atoms with Crippen LogP contribution in [0.4, 0.5) is 4.39 Å². The van der Waals surface area contributed by atoms with E-state index in [2.05, 4.69) is 48.2 Å². The summed E-state index contributed by atoms with van der Waals surface area (Å²) in [5, 5.41) is 0. The molecule has 0 N–H and O–H groups in total.